The first-order valence-electron chi connectivity index (χ1n) is 8.19. The van der Waals surface area contributed by atoms with Gasteiger partial charge in [0.1, 0.15) is 0 Å². The van der Waals surface area contributed by atoms with Crippen LogP contribution < -0.4 is 5.32 Å². The van der Waals surface area contributed by atoms with E-state index in [1.165, 1.54) is 5.57 Å². The van der Waals surface area contributed by atoms with Crippen molar-refractivity contribution >= 4 is 5.91 Å². The van der Waals surface area contributed by atoms with Crippen LogP contribution in [-0.2, 0) is 12.8 Å². The minimum atomic E-state index is -0.0421. The van der Waals surface area contributed by atoms with E-state index in [2.05, 4.69) is 34.5 Å². The molecule has 0 saturated heterocycles. The zero-order valence-corrected chi connectivity index (χ0v) is 14.3. The molecule has 1 amide bonds. The van der Waals surface area contributed by atoms with Gasteiger partial charge in [-0.25, -0.2) is 4.68 Å². The molecule has 5 nitrogen and oxygen atoms in total. The largest absolute Gasteiger partial charge is 0.352 e. The molecule has 0 fully saturated rings. The van der Waals surface area contributed by atoms with Gasteiger partial charge in [-0.1, -0.05) is 23.8 Å². The number of aromatic nitrogens is 3. The molecule has 0 unspecified atom stereocenters. The molecule has 3 heterocycles. The van der Waals surface area contributed by atoms with Crippen molar-refractivity contribution in [1.82, 2.24) is 20.1 Å². The highest BCUT2D eigenvalue weighted by molar-refractivity contribution is 5.96. The van der Waals surface area contributed by atoms with Crippen molar-refractivity contribution in [2.75, 3.05) is 6.54 Å². The van der Waals surface area contributed by atoms with E-state index in [0.29, 0.717) is 12.1 Å². The highest BCUT2D eigenvalue weighted by Gasteiger charge is 2.22. The Morgan fingerprint density at radius 3 is 3.04 bits per heavy atom. The average Bonchev–Trinajstić information content (AvgIpc) is 3.00. The van der Waals surface area contributed by atoms with Crippen LogP contribution >= 0.6 is 0 Å². The molecule has 2 aromatic heterocycles. The fourth-order valence-electron chi connectivity index (χ4n) is 2.89. The molecule has 5 heteroatoms. The number of rotatable bonds is 4. The molecule has 0 radical (unpaired) electrons. The lowest BCUT2D eigenvalue weighted by molar-refractivity contribution is 0.0945. The average molecular weight is 322 g/mol. The molecule has 24 heavy (non-hydrogen) atoms. The van der Waals surface area contributed by atoms with E-state index in [1.54, 1.807) is 6.20 Å². The summed E-state index contributed by atoms with van der Waals surface area (Å²) >= 11 is 0. The third-order valence-corrected chi connectivity index (χ3v) is 4.15. The summed E-state index contributed by atoms with van der Waals surface area (Å²) in [5, 5.41) is 7.31. The molecule has 0 spiro atoms. The quantitative estimate of drug-likeness (QED) is 0.881. The third-order valence-electron chi connectivity index (χ3n) is 4.15. The maximum absolute atomic E-state index is 11.9. The molecule has 1 aliphatic rings. The summed E-state index contributed by atoms with van der Waals surface area (Å²) in [4.78, 5) is 16.5. The van der Waals surface area contributed by atoms with Crippen LogP contribution in [0, 0.1) is 6.92 Å². The Hall–Kier alpha value is -2.69. The summed E-state index contributed by atoms with van der Waals surface area (Å²) in [7, 11) is 0. The maximum Gasteiger partial charge on any atom is 0.254 e. The van der Waals surface area contributed by atoms with Gasteiger partial charge in [0.05, 0.1) is 23.1 Å². The summed E-state index contributed by atoms with van der Waals surface area (Å²) in [5.41, 5.74) is 5.93. The van der Waals surface area contributed by atoms with E-state index >= 15 is 0 Å². The molecule has 0 aliphatic carbocycles. The topological polar surface area (TPSA) is 59.8 Å². The Bertz CT molecular complexity index is 830. The van der Waals surface area contributed by atoms with Crippen LogP contribution in [0.25, 0.3) is 5.69 Å². The highest BCUT2D eigenvalue weighted by Crippen LogP contribution is 2.21. The third kappa shape index (κ3) is 3.15. The SMILES string of the molecule is C/C=C\C=C(/C)Cc1cc(-n2ncc3c2CCNC3=O)c(C)cn1. The standard InChI is InChI=1S/C19H22N4O/c1-4-5-6-13(2)9-15-10-18(14(3)11-21-15)23-17-7-8-20-19(24)16(17)12-22-23/h4-6,10-12H,7-9H2,1-3H3,(H,20,24)/b5-4-,13-6+. The Morgan fingerprint density at radius 2 is 2.25 bits per heavy atom. The van der Waals surface area contributed by atoms with Crippen molar-refractivity contribution in [2.45, 2.75) is 33.6 Å². The Morgan fingerprint density at radius 1 is 1.42 bits per heavy atom. The number of nitrogens with zero attached hydrogens (tertiary/aromatic N) is 3. The molecule has 1 aliphatic heterocycles. The van der Waals surface area contributed by atoms with Crippen LogP contribution in [0.15, 0.2) is 42.3 Å². The van der Waals surface area contributed by atoms with Crippen molar-refractivity contribution in [3.63, 3.8) is 0 Å². The summed E-state index contributed by atoms with van der Waals surface area (Å²) < 4.78 is 1.89. The number of nitrogens with one attached hydrogen (secondary N) is 1. The van der Waals surface area contributed by atoms with Crippen molar-refractivity contribution in [2.24, 2.45) is 0 Å². The Balaban J connectivity index is 1.97. The van der Waals surface area contributed by atoms with Crippen LogP contribution in [0.5, 0.6) is 0 Å². The van der Waals surface area contributed by atoms with Crippen LogP contribution in [-0.4, -0.2) is 27.2 Å². The van der Waals surface area contributed by atoms with Gasteiger partial charge >= 0.3 is 0 Å². The summed E-state index contributed by atoms with van der Waals surface area (Å²) in [5.74, 6) is -0.0421. The number of allylic oxidation sites excluding steroid dienone is 4. The van der Waals surface area contributed by atoms with Gasteiger partial charge in [-0.15, -0.1) is 0 Å². The zero-order chi connectivity index (χ0) is 17.1. The van der Waals surface area contributed by atoms with Gasteiger partial charge in [0.2, 0.25) is 0 Å². The highest BCUT2D eigenvalue weighted by atomic mass is 16.1. The van der Waals surface area contributed by atoms with E-state index in [4.69, 9.17) is 0 Å². The van der Waals surface area contributed by atoms with Crippen LogP contribution in [0.4, 0.5) is 0 Å². The molecular formula is C19H22N4O. The zero-order valence-electron chi connectivity index (χ0n) is 14.3. The number of pyridine rings is 1. The fourth-order valence-corrected chi connectivity index (χ4v) is 2.89. The maximum atomic E-state index is 11.9. The number of fused-ring (bicyclic) bond motifs is 1. The molecule has 0 atom stereocenters. The lowest BCUT2D eigenvalue weighted by Crippen LogP contribution is -2.32. The summed E-state index contributed by atoms with van der Waals surface area (Å²) in [6.45, 7) is 6.77. The molecule has 1 N–H and O–H groups in total. The van der Waals surface area contributed by atoms with E-state index in [0.717, 1.165) is 35.5 Å². The summed E-state index contributed by atoms with van der Waals surface area (Å²) in [6, 6.07) is 2.07. The molecule has 2 aromatic rings. The van der Waals surface area contributed by atoms with E-state index in [9.17, 15) is 4.79 Å². The fraction of sp³-hybridized carbons (Fsp3) is 0.316. The van der Waals surface area contributed by atoms with Gasteiger partial charge in [0.15, 0.2) is 0 Å². The van der Waals surface area contributed by atoms with Crippen LogP contribution in [0.2, 0.25) is 0 Å². The second kappa shape index (κ2) is 6.83. The molecule has 3 rings (SSSR count). The lowest BCUT2D eigenvalue weighted by Gasteiger charge is -2.16. The molecular weight excluding hydrogens is 300 g/mol. The summed E-state index contributed by atoms with van der Waals surface area (Å²) in [6.07, 6.45) is 11.3. The number of hydrogen-bond donors (Lipinski definition) is 1. The second-order valence-corrected chi connectivity index (χ2v) is 6.10. The van der Waals surface area contributed by atoms with Crippen molar-refractivity contribution in [1.29, 1.82) is 0 Å². The number of amides is 1. The predicted octanol–water partition coefficient (Wildman–Crippen LogP) is 2.93. The first-order chi connectivity index (χ1) is 11.6. The second-order valence-electron chi connectivity index (χ2n) is 6.10. The molecule has 0 aromatic carbocycles. The number of carbonyl (C=O) groups is 1. The van der Waals surface area contributed by atoms with Crippen molar-refractivity contribution < 1.29 is 4.79 Å². The molecule has 0 bridgehead atoms. The lowest BCUT2D eigenvalue weighted by atomic mass is 10.1. The number of carbonyl (C=O) groups excluding carboxylic acids is 1. The van der Waals surface area contributed by atoms with Gasteiger partial charge in [0.25, 0.3) is 5.91 Å². The number of aryl methyl sites for hydroxylation is 1. The molecule has 0 saturated carbocycles. The van der Waals surface area contributed by atoms with Crippen molar-refractivity contribution in [3.8, 4) is 5.69 Å². The first-order valence-corrected chi connectivity index (χ1v) is 8.19. The monoisotopic (exact) mass is 322 g/mol. The minimum Gasteiger partial charge on any atom is -0.352 e. The Labute approximate surface area is 142 Å². The van der Waals surface area contributed by atoms with Gasteiger partial charge < -0.3 is 5.32 Å². The Kier molecular flexibility index (Phi) is 4.60. The smallest absolute Gasteiger partial charge is 0.254 e. The van der Waals surface area contributed by atoms with E-state index < -0.39 is 0 Å². The number of hydrogen-bond acceptors (Lipinski definition) is 3. The van der Waals surface area contributed by atoms with E-state index in [-0.39, 0.29) is 5.91 Å². The normalized spacial score (nSPS) is 14.8. The van der Waals surface area contributed by atoms with Gasteiger partial charge in [-0.3, -0.25) is 9.78 Å². The minimum absolute atomic E-state index is 0.0421. The van der Waals surface area contributed by atoms with Gasteiger partial charge in [-0.2, -0.15) is 5.10 Å². The van der Waals surface area contributed by atoms with Crippen LogP contribution in [0.3, 0.4) is 0 Å². The van der Waals surface area contributed by atoms with Crippen LogP contribution in [0.1, 0.15) is 41.2 Å². The predicted molar refractivity (Wildman–Crippen MR) is 94.4 cm³/mol. The molecule has 124 valence electrons. The van der Waals surface area contributed by atoms with E-state index in [1.807, 2.05) is 36.9 Å². The van der Waals surface area contributed by atoms with Gasteiger partial charge in [-0.05, 0) is 32.4 Å². The van der Waals surface area contributed by atoms with Crippen molar-refractivity contribution in [3.05, 3.63) is 64.8 Å². The first kappa shape index (κ1) is 16.2. The van der Waals surface area contributed by atoms with Gasteiger partial charge in [0, 0.05) is 31.3 Å².